The van der Waals surface area contributed by atoms with Gasteiger partial charge in [0.1, 0.15) is 10.6 Å². The van der Waals surface area contributed by atoms with E-state index in [4.69, 9.17) is 4.74 Å². The highest BCUT2D eigenvalue weighted by molar-refractivity contribution is 7.85. The predicted octanol–water partition coefficient (Wildman–Crippen LogP) is 2.05. The molecule has 1 heterocycles. The van der Waals surface area contributed by atoms with Crippen molar-refractivity contribution < 1.29 is 27.3 Å². The first kappa shape index (κ1) is 16.2. The van der Waals surface area contributed by atoms with Crippen LogP contribution in [0.3, 0.4) is 0 Å². The van der Waals surface area contributed by atoms with E-state index in [0.29, 0.717) is 0 Å². The van der Waals surface area contributed by atoms with Gasteiger partial charge in [-0.15, -0.1) is 0 Å². The molecule has 0 aromatic heterocycles. The normalized spacial score (nSPS) is 14.0. The Morgan fingerprint density at radius 3 is 2.04 bits per heavy atom. The Hall–Kier alpha value is -2.71. The summed E-state index contributed by atoms with van der Waals surface area (Å²) in [7, 11) is -3.18. The van der Waals surface area contributed by atoms with Gasteiger partial charge in [-0.2, -0.15) is 8.42 Å². The van der Waals surface area contributed by atoms with E-state index in [0.717, 1.165) is 11.0 Å². The lowest BCUT2D eigenvalue weighted by molar-refractivity contribution is 0.0925. The van der Waals surface area contributed by atoms with Crippen molar-refractivity contribution in [1.29, 1.82) is 0 Å². The summed E-state index contributed by atoms with van der Waals surface area (Å²) in [5.74, 6) is -1.05. The van der Waals surface area contributed by atoms with Crippen LogP contribution in [0.25, 0.3) is 0 Å². The van der Waals surface area contributed by atoms with E-state index < -0.39 is 21.9 Å². The molecule has 124 valence electrons. The average Bonchev–Trinajstić information content (AvgIpc) is 2.78. The molecule has 0 radical (unpaired) electrons. The zero-order chi connectivity index (χ0) is 17.6. The molecule has 1 aliphatic heterocycles. The van der Waals surface area contributed by atoms with Crippen molar-refractivity contribution in [2.75, 3.05) is 12.0 Å². The van der Waals surface area contributed by atoms with Gasteiger partial charge in [0.2, 0.25) is 0 Å². The van der Waals surface area contributed by atoms with E-state index in [-0.39, 0.29) is 33.0 Å². The molecular weight excluding hydrogens is 334 g/mol. The van der Waals surface area contributed by atoms with Crippen LogP contribution < -0.4 is 9.64 Å². The fourth-order valence-electron chi connectivity index (χ4n) is 2.68. The number of hydrogen-bond acceptors (Lipinski definition) is 5. The van der Waals surface area contributed by atoms with Gasteiger partial charge in [-0.25, -0.2) is 4.90 Å². The number of imide groups is 1. The number of methoxy groups -OCH3 is 1. The Kier molecular flexibility index (Phi) is 3.66. The zero-order valence-electron chi connectivity index (χ0n) is 12.8. The van der Waals surface area contributed by atoms with Crippen molar-refractivity contribution >= 4 is 27.6 Å². The molecule has 1 N–H and O–H groups in total. The van der Waals surface area contributed by atoms with Gasteiger partial charge < -0.3 is 4.74 Å². The Morgan fingerprint density at radius 1 is 1.04 bits per heavy atom. The van der Waals surface area contributed by atoms with E-state index in [1.807, 2.05) is 0 Å². The largest absolute Gasteiger partial charge is 0.495 e. The molecule has 0 bridgehead atoms. The maximum Gasteiger partial charge on any atom is 0.294 e. The van der Waals surface area contributed by atoms with Crippen LogP contribution in [-0.2, 0) is 10.1 Å². The maximum atomic E-state index is 12.6. The Morgan fingerprint density at radius 2 is 1.58 bits per heavy atom. The van der Waals surface area contributed by atoms with Gasteiger partial charge in [0.05, 0.1) is 23.9 Å². The van der Waals surface area contributed by atoms with E-state index >= 15 is 0 Å². The number of hydrogen-bond donors (Lipinski definition) is 1. The van der Waals surface area contributed by atoms with Gasteiger partial charge in [0.25, 0.3) is 21.9 Å². The summed E-state index contributed by atoms with van der Waals surface area (Å²) in [5.41, 5.74) is 0.834. The molecule has 24 heavy (non-hydrogen) atoms. The van der Waals surface area contributed by atoms with Crippen molar-refractivity contribution in [1.82, 2.24) is 0 Å². The summed E-state index contributed by atoms with van der Waals surface area (Å²) in [6.07, 6.45) is 0. The molecule has 2 aromatic carbocycles. The smallest absolute Gasteiger partial charge is 0.294 e. The van der Waals surface area contributed by atoms with Crippen LogP contribution in [0.1, 0.15) is 26.3 Å². The van der Waals surface area contributed by atoms with Crippen molar-refractivity contribution in [2.45, 2.75) is 11.8 Å². The quantitative estimate of drug-likeness (QED) is 0.674. The second kappa shape index (κ2) is 5.43. The first-order chi connectivity index (χ1) is 11.3. The number of anilines is 1. The maximum absolute atomic E-state index is 12.6. The number of rotatable bonds is 3. The number of benzene rings is 2. The lowest BCUT2D eigenvalue weighted by atomic mass is 10.1. The summed E-state index contributed by atoms with van der Waals surface area (Å²) in [4.78, 5) is 25.7. The highest BCUT2D eigenvalue weighted by atomic mass is 32.2. The number of ether oxygens (including phenoxy) is 1. The summed E-state index contributed by atoms with van der Waals surface area (Å²) < 4.78 is 37.2. The molecule has 0 spiro atoms. The van der Waals surface area contributed by atoms with Gasteiger partial charge in [0.15, 0.2) is 0 Å². The SMILES string of the molecule is COc1cc(S(=O)(=O)O)c(C)cc1N1C(=O)c2ccccc2C1=O. The van der Waals surface area contributed by atoms with E-state index in [9.17, 15) is 22.6 Å². The Bertz CT molecular complexity index is 945. The number of fused-ring (bicyclic) bond motifs is 1. The second-order valence-electron chi connectivity index (χ2n) is 5.26. The third-order valence-corrected chi connectivity index (χ3v) is 4.78. The average molecular weight is 347 g/mol. The minimum Gasteiger partial charge on any atom is -0.495 e. The number of carbonyl (C=O) groups excluding carboxylic acids is 2. The zero-order valence-corrected chi connectivity index (χ0v) is 13.6. The lowest BCUT2D eigenvalue weighted by Gasteiger charge is -2.19. The van der Waals surface area contributed by atoms with Crippen LogP contribution in [-0.4, -0.2) is 31.9 Å². The molecule has 0 fully saturated rings. The van der Waals surface area contributed by atoms with E-state index in [1.165, 1.54) is 20.1 Å². The monoisotopic (exact) mass is 347 g/mol. The molecule has 1 aliphatic rings. The molecule has 0 saturated carbocycles. The molecule has 2 aromatic rings. The van der Waals surface area contributed by atoms with Crippen molar-refractivity contribution in [2.24, 2.45) is 0 Å². The van der Waals surface area contributed by atoms with Gasteiger partial charge in [-0.3, -0.25) is 14.1 Å². The topological polar surface area (TPSA) is 101 Å². The highest BCUT2D eigenvalue weighted by Gasteiger charge is 2.38. The van der Waals surface area contributed by atoms with Crippen molar-refractivity contribution in [3.63, 3.8) is 0 Å². The number of carbonyl (C=O) groups is 2. The van der Waals surface area contributed by atoms with Gasteiger partial charge in [0, 0.05) is 6.07 Å². The third kappa shape index (κ3) is 2.36. The fourth-order valence-corrected chi connectivity index (χ4v) is 3.40. The summed E-state index contributed by atoms with van der Waals surface area (Å²) in [5, 5.41) is 0. The first-order valence-corrected chi connectivity index (χ1v) is 8.33. The van der Waals surface area contributed by atoms with Gasteiger partial charge in [-0.05, 0) is 30.7 Å². The van der Waals surface area contributed by atoms with Crippen LogP contribution in [0.15, 0.2) is 41.3 Å². The van der Waals surface area contributed by atoms with Crippen LogP contribution in [0, 0.1) is 6.92 Å². The van der Waals surface area contributed by atoms with Crippen molar-refractivity contribution in [3.05, 3.63) is 53.1 Å². The summed E-state index contributed by atoms with van der Waals surface area (Å²) >= 11 is 0. The molecule has 0 atom stereocenters. The van der Waals surface area contributed by atoms with Crippen molar-refractivity contribution in [3.8, 4) is 5.75 Å². The summed E-state index contributed by atoms with van der Waals surface area (Å²) in [6, 6.07) is 8.80. The minimum absolute atomic E-state index is 0.0114. The number of nitrogens with zero attached hydrogens (tertiary/aromatic N) is 1. The summed E-state index contributed by atoms with van der Waals surface area (Å²) in [6.45, 7) is 1.45. The molecule has 0 unspecified atom stereocenters. The molecule has 3 rings (SSSR count). The third-order valence-electron chi connectivity index (χ3n) is 3.79. The Balaban J connectivity index is 2.20. The number of amides is 2. The minimum atomic E-state index is -4.46. The second-order valence-corrected chi connectivity index (χ2v) is 6.65. The molecule has 2 amide bonds. The van der Waals surface area contributed by atoms with Crippen LogP contribution >= 0.6 is 0 Å². The fraction of sp³-hybridized carbons (Fsp3) is 0.125. The molecule has 0 saturated heterocycles. The highest BCUT2D eigenvalue weighted by Crippen LogP contribution is 2.37. The molecule has 7 nitrogen and oxygen atoms in total. The van der Waals surface area contributed by atoms with E-state index in [2.05, 4.69) is 0 Å². The van der Waals surface area contributed by atoms with Crippen LogP contribution in [0.2, 0.25) is 0 Å². The standard InChI is InChI=1S/C16H13NO6S/c1-9-7-12(13(23-2)8-14(9)24(20,21)22)17-15(18)10-5-3-4-6-11(10)16(17)19/h3-8H,1-2H3,(H,20,21,22). The van der Waals surface area contributed by atoms with Crippen LogP contribution in [0.4, 0.5) is 5.69 Å². The molecule has 8 heteroatoms. The molecule has 0 aliphatic carbocycles. The lowest BCUT2D eigenvalue weighted by Crippen LogP contribution is -2.30. The molecular formula is C16H13NO6S. The van der Waals surface area contributed by atoms with Crippen LogP contribution in [0.5, 0.6) is 5.75 Å². The van der Waals surface area contributed by atoms with E-state index in [1.54, 1.807) is 24.3 Å². The number of aryl methyl sites for hydroxylation is 1. The Labute approximate surface area is 138 Å². The van der Waals surface area contributed by atoms with Gasteiger partial charge >= 0.3 is 0 Å². The van der Waals surface area contributed by atoms with Gasteiger partial charge in [-0.1, -0.05) is 12.1 Å². The predicted molar refractivity (Wildman–Crippen MR) is 85.1 cm³/mol. The first-order valence-electron chi connectivity index (χ1n) is 6.89.